The molecule has 3 saturated heterocycles. The Morgan fingerprint density at radius 3 is 2.53 bits per heavy atom. The van der Waals surface area contributed by atoms with Gasteiger partial charge in [-0.25, -0.2) is 0 Å². The molecule has 0 bridgehead atoms. The van der Waals surface area contributed by atoms with Gasteiger partial charge < -0.3 is 19.1 Å². The Hall–Kier alpha value is -1.79. The molecule has 3 heterocycles. The normalized spacial score (nSPS) is 43.2. The Kier molecular flexibility index (Phi) is 4.78. The van der Waals surface area contributed by atoms with Crippen molar-refractivity contribution in [1.29, 1.82) is 0 Å². The molecule has 2 aliphatic carbocycles. The number of rotatable bonds is 4. The molecule has 2 saturated carbocycles. The van der Waals surface area contributed by atoms with Crippen LogP contribution in [-0.4, -0.2) is 68.0 Å². The van der Waals surface area contributed by atoms with Crippen molar-refractivity contribution >= 4 is 11.7 Å². The van der Waals surface area contributed by atoms with Crippen molar-refractivity contribution in [2.24, 2.45) is 23.7 Å². The summed E-state index contributed by atoms with van der Waals surface area (Å²) in [5.74, 6) is 2.29. The van der Waals surface area contributed by atoms with Gasteiger partial charge in [0.05, 0.1) is 18.6 Å². The Labute approximate surface area is 191 Å². The molecule has 0 N–H and O–H groups in total. The number of anilines is 1. The first-order chi connectivity index (χ1) is 15.4. The van der Waals surface area contributed by atoms with Gasteiger partial charge >= 0.3 is 5.97 Å². The van der Waals surface area contributed by atoms with Gasteiger partial charge in [-0.05, 0) is 62.8 Å². The summed E-state index contributed by atoms with van der Waals surface area (Å²) in [4.78, 5) is 18.2. The predicted octanol–water partition coefficient (Wildman–Crippen LogP) is 3.34. The van der Waals surface area contributed by atoms with Crippen molar-refractivity contribution in [3.8, 4) is 5.75 Å². The number of hydrogen-bond donors (Lipinski definition) is 0. The van der Waals surface area contributed by atoms with E-state index in [1.54, 1.807) is 7.11 Å². The number of carbonyl (C=O) groups excluding carboxylic acids is 1. The zero-order chi connectivity index (χ0) is 22.1. The molecule has 0 unspecified atom stereocenters. The molecule has 0 aromatic heterocycles. The number of carbonyl (C=O) groups is 1. The van der Waals surface area contributed by atoms with E-state index in [9.17, 15) is 4.79 Å². The molecule has 0 amide bonds. The van der Waals surface area contributed by atoms with Crippen LogP contribution < -0.4 is 9.64 Å². The van der Waals surface area contributed by atoms with Crippen LogP contribution in [0.15, 0.2) is 24.3 Å². The topological polar surface area (TPSA) is 54.5 Å². The minimum absolute atomic E-state index is 0.0101. The van der Waals surface area contributed by atoms with Crippen LogP contribution in [0.5, 0.6) is 5.75 Å². The van der Waals surface area contributed by atoms with Gasteiger partial charge in [0, 0.05) is 50.2 Å². The number of epoxide rings is 1. The van der Waals surface area contributed by atoms with Crippen molar-refractivity contribution < 1.29 is 19.0 Å². The van der Waals surface area contributed by atoms with E-state index in [2.05, 4.69) is 35.8 Å². The van der Waals surface area contributed by atoms with Crippen LogP contribution in [0.2, 0.25) is 0 Å². The minimum atomic E-state index is -0.364. The van der Waals surface area contributed by atoms with Crippen molar-refractivity contribution in [2.45, 2.75) is 56.8 Å². The Morgan fingerprint density at radius 2 is 1.81 bits per heavy atom. The lowest BCUT2D eigenvalue weighted by molar-refractivity contribution is -0.168. The second-order valence-electron chi connectivity index (χ2n) is 11.0. The minimum Gasteiger partial charge on any atom is -0.497 e. The summed E-state index contributed by atoms with van der Waals surface area (Å²) in [7, 11) is 1.70. The van der Waals surface area contributed by atoms with E-state index in [1.165, 1.54) is 12.1 Å². The maximum atomic E-state index is 13.3. The van der Waals surface area contributed by atoms with Crippen LogP contribution in [0.25, 0.3) is 0 Å². The van der Waals surface area contributed by atoms with Crippen LogP contribution in [0, 0.1) is 23.7 Å². The van der Waals surface area contributed by atoms with E-state index in [0.29, 0.717) is 17.8 Å². The number of nitrogens with zero attached hydrogens (tertiary/aromatic N) is 2. The molecular formula is C26H36N2O4. The monoisotopic (exact) mass is 440 g/mol. The third-order valence-corrected chi connectivity index (χ3v) is 9.36. The summed E-state index contributed by atoms with van der Waals surface area (Å²) in [6.07, 6.45) is 4.65. The van der Waals surface area contributed by atoms with Gasteiger partial charge in [-0.3, -0.25) is 9.69 Å². The smallest absolute Gasteiger partial charge is 0.311 e. The molecule has 7 atom stereocenters. The lowest BCUT2D eigenvalue weighted by Gasteiger charge is -2.50. The first-order valence-electron chi connectivity index (χ1n) is 12.5. The van der Waals surface area contributed by atoms with Gasteiger partial charge in [-0.15, -0.1) is 0 Å². The van der Waals surface area contributed by atoms with E-state index in [1.807, 2.05) is 12.1 Å². The fourth-order valence-corrected chi connectivity index (χ4v) is 7.52. The van der Waals surface area contributed by atoms with E-state index in [0.717, 1.165) is 57.7 Å². The first kappa shape index (κ1) is 20.8. The standard InChI is InChI=1S/C26H36N2O4/c1-17-4-9-22-20(23(29)31-26(22)21(17)10-11-25(2)24(26)32-25)16-27-12-14-28(15-13-27)18-5-7-19(30-3)8-6-18/h5-8,17,20-22,24H,4,9-16H2,1-3H3/t17-,20-,21+,22+,24-,25-,26-/m1/s1. The van der Waals surface area contributed by atoms with Crippen LogP contribution in [0.3, 0.4) is 0 Å². The van der Waals surface area contributed by atoms with Crippen LogP contribution in [0.1, 0.15) is 39.5 Å². The molecule has 32 heavy (non-hydrogen) atoms. The van der Waals surface area contributed by atoms with Gasteiger partial charge in [0.25, 0.3) is 0 Å². The summed E-state index contributed by atoms with van der Waals surface area (Å²) in [6, 6.07) is 8.30. The van der Waals surface area contributed by atoms with Gasteiger partial charge in [0.15, 0.2) is 0 Å². The molecule has 3 aliphatic heterocycles. The summed E-state index contributed by atoms with van der Waals surface area (Å²) in [5, 5.41) is 0. The third-order valence-electron chi connectivity index (χ3n) is 9.36. The molecule has 0 radical (unpaired) electrons. The molecule has 1 spiro atoms. The summed E-state index contributed by atoms with van der Waals surface area (Å²) in [6.45, 7) is 9.32. The zero-order valence-corrected chi connectivity index (χ0v) is 19.6. The molecular weight excluding hydrogens is 404 g/mol. The molecule has 1 aromatic carbocycles. The Morgan fingerprint density at radius 1 is 1.06 bits per heavy atom. The largest absolute Gasteiger partial charge is 0.497 e. The average Bonchev–Trinajstić information content (AvgIpc) is 3.44. The van der Waals surface area contributed by atoms with Crippen LogP contribution in [0.4, 0.5) is 5.69 Å². The Balaban J connectivity index is 1.14. The van der Waals surface area contributed by atoms with Crippen molar-refractivity contribution in [1.82, 2.24) is 4.90 Å². The van der Waals surface area contributed by atoms with Gasteiger partial charge in [-0.1, -0.05) is 6.92 Å². The number of esters is 1. The second kappa shape index (κ2) is 7.36. The second-order valence-corrected chi connectivity index (χ2v) is 11.0. The molecule has 5 fully saturated rings. The molecule has 5 aliphatic rings. The number of hydrogen-bond acceptors (Lipinski definition) is 6. The maximum Gasteiger partial charge on any atom is 0.311 e. The summed E-state index contributed by atoms with van der Waals surface area (Å²) >= 11 is 0. The van der Waals surface area contributed by atoms with E-state index >= 15 is 0 Å². The highest BCUT2D eigenvalue weighted by Crippen LogP contribution is 2.66. The van der Waals surface area contributed by atoms with Crippen molar-refractivity contribution in [3.63, 3.8) is 0 Å². The Bertz CT molecular complexity index is 882. The van der Waals surface area contributed by atoms with Crippen LogP contribution in [-0.2, 0) is 14.3 Å². The molecule has 6 rings (SSSR count). The lowest BCUT2D eigenvalue weighted by Crippen LogP contribution is -2.58. The highest BCUT2D eigenvalue weighted by atomic mass is 16.7. The van der Waals surface area contributed by atoms with Crippen LogP contribution >= 0.6 is 0 Å². The van der Waals surface area contributed by atoms with Crippen molar-refractivity contribution in [2.75, 3.05) is 44.7 Å². The quantitative estimate of drug-likeness (QED) is 0.529. The fraction of sp³-hybridized carbons (Fsp3) is 0.731. The van der Waals surface area contributed by atoms with E-state index in [4.69, 9.17) is 14.2 Å². The molecule has 174 valence electrons. The van der Waals surface area contributed by atoms with Crippen molar-refractivity contribution in [3.05, 3.63) is 24.3 Å². The van der Waals surface area contributed by atoms with Gasteiger partial charge in [0.1, 0.15) is 17.5 Å². The fourth-order valence-electron chi connectivity index (χ4n) is 7.52. The SMILES string of the molecule is COc1ccc(N2CCN(C[C@H]3C(=O)O[C@@]45[C@@H](CC[C@@]6(C)O[C@@H]46)[C@H](C)CC[C@@H]35)CC2)cc1. The zero-order valence-electron chi connectivity index (χ0n) is 19.6. The molecule has 6 heteroatoms. The highest BCUT2D eigenvalue weighted by Gasteiger charge is 2.77. The lowest BCUT2D eigenvalue weighted by atomic mass is 9.55. The number of methoxy groups -OCH3 is 1. The number of benzene rings is 1. The predicted molar refractivity (Wildman–Crippen MR) is 122 cm³/mol. The molecule has 1 aromatic rings. The van der Waals surface area contributed by atoms with E-state index in [-0.39, 0.29) is 29.2 Å². The average molecular weight is 441 g/mol. The number of fused-ring (bicyclic) bond motifs is 1. The van der Waals surface area contributed by atoms with Gasteiger partial charge in [0.2, 0.25) is 0 Å². The maximum absolute atomic E-state index is 13.3. The molecule has 6 nitrogen and oxygen atoms in total. The van der Waals surface area contributed by atoms with Gasteiger partial charge in [-0.2, -0.15) is 0 Å². The van der Waals surface area contributed by atoms with E-state index < -0.39 is 0 Å². The third kappa shape index (κ3) is 3.02. The first-order valence-corrected chi connectivity index (χ1v) is 12.5. The highest BCUT2D eigenvalue weighted by molar-refractivity contribution is 5.77. The summed E-state index contributed by atoms with van der Waals surface area (Å²) < 4.78 is 17.9. The number of ether oxygens (including phenoxy) is 3. The number of piperazine rings is 1. The summed E-state index contributed by atoms with van der Waals surface area (Å²) in [5.41, 5.74) is 0.809.